The zero-order valence-electron chi connectivity index (χ0n) is 25.0. The van der Waals surface area contributed by atoms with Crippen molar-refractivity contribution in [3.8, 4) is 11.6 Å². The molecule has 3 heterocycles. The van der Waals surface area contributed by atoms with E-state index in [9.17, 15) is 14.4 Å². The molecule has 3 amide bonds. The maximum Gasteiger partial charge on any atom is 0.268 e. The summed E-state index contributed by atoms with van der Waals surface area (Å²) >= 11 is 0. The number of hydrogen-bond acceptors (Lipinski definition) is 6. The van der Waals surface area contributed by atoms with Crippen molar-refractivity contribution in [3.05, 3.63) is 47.7 Å². The second-order valence-corrected chi connectivity index (χ2v) is 12.7. The van der Waals surface area contributed by atoms with Gasteiger partial charge in [-0.25, -0.2) is 4.98 Å². The van der Waals surface area contributed by atoms with E-state index < -0.39 is 6.10 Å². The SMILES string of the molecule is CCC[C@@H](CCOc1ccc(O[C@@H]2CCN(c3ccc4c(c3)C(=O)N(CC(=O)N(C)C)C4)C2=O)cn1)C12CCCC1C2. The van der Waals surface area contributed by atoms with Gasteiger partial charge in [0.2, 0.25) is 11.8 Å². The fraction of sp³-hybridized carbons (Fsp3) is 0.576. The van der Waals surface area contributed by atoms with Gasteiger partial charge in [-0.05, 0) is 66.7 Å². The first kappa shape index (κ1) is 28.5. The number of carbonyl (C=O) groups is 3. The third-order valence-corrected chi connectivity index (χ3v) is 9.89. The second-order valence-electron chi connectivity index (χ2n) is 12.7. The number of fused-ring (bicyclic) bond motifs is 2. The Morgan fingerprint density at radius 3 is 2.71 bits per heavy atom. The summed E-state index contributed by atoms with van der Waals surface area (Å²) in [5.41, 5.74) is 2.67. The average Bonchev–Trinajstić information content (AvgIpc) is 3.19. The summed E-state index contributed by atoms with van der Waals surface area (Å²) in [5.74, 6) is 2.36. The van der Waals surface area contributed by atoms with Gasteiger partial charge in [-0.1, -0.05) is 32.3 Å². The third-order valence-electron chi connectivity index (χ3n) is 9.89. The van der Waals surface area contributed by atoms with Gasteiger partial charge in [0.1, 0.15) is 12.3 Å². The molecule has 9 nitrogen and oxygen atoms in total. The van der Waals surface area contributed by atoms with Crippen LogP contribution < -0.4 is 14.4 Å². The molecule has 2 aromatic rings. The lowest BCUT2D eigenvalue weighted by atomic mass is 9.81. The molecule has 2 saturated carbocycles. The Morgan fingerprint density at radius 1 is 1.17 bits per heavy atom. The predicted octanol–water partition coefficient (Wildman–Crippen LogP) is 4.69. The highest BCUT2D eigenvalue weighted by molar-refractivity contribution is 6.03. The summed E-state index contributed by atoms with van der Waals surface area (Å²) in [7, 11) is 3.35. The maximum atomic E-state index is 13.3. The van der Waals surface area contributed by atoms with E-state index in [0.717, 1.165) is 23.8 Å². The number of likely N-dealkylation sites (N-methyl/N-ethyl adjacent to an activating group) is 1. The van der Waals surface area contributed by atoms with Crippen LogP contribution in [-0.2, 0) is 16.1 Å². The van der Waals surface area contributed by atoms with Crippen LogP contribution in [0.4, 0.5) is 5.69 Å². The van der Waals surface area contributed by atoms with E-state index >= 15 is 0 Å². The molecule has 9 heteroatoms. The fourth-order valence-corrected chi connectivity index (χ4v) is 7.51. The van der Waals surface area contributed by atoms with E-state index in [2.05, 4.69) is 11.9 Å². The lowest BCUT2D eigenvalue weighted by molar-refractivity contribution is -0.129. The van der Waals surface area contributed by atoms with E-state index in [1.165, 1.54) is 48.3 Å². The van der Waals surface area contributed by atoms with Crippen molar-refractivity contribution in [2.75, 3.05) is 38.7 Å². The molecule has 4 atom stereocenters. The number of carbonyl (C=O) groups excluding carboxylic acids is 3. The molecule has 2 aliphatic heterocycles. The number of amides is 3. The van der Waals surface area contributed by atoms with Crippen LogP contribution in [0.3, 0.4) is 0 Å². The highest BCUT2D eigenvalue weighted by Gasteiger charge is 2.59. The van der Waals surface area contributed by atoms with Crippen LogP contribution in [0.5, 0.6) is 11.6 Å². The number of nitrogens with zero attached hydrogens (tertiary/aromatic N) is 4. The monoisotopic (exact) mass is 574 g/mol. The van der Waals surface area contributed by atoms with E-state index in [1.54, 1.807) is 31.3 Å². The Kier molecular flexibility index (Phi) is 7.85. The van der Waals surface area contributed by atoms with Crippen molar-refractivity contribution in [2.24, 2.45) is 17.3 Å². The Hall–Kier alpha value is -3.62. The molecule has 1 aromatic heterocycles. The van der Waals surface area contributed by atoms with Gasteiger partial charge in [-0.2, -0.15) is 0 Å². The molecule has 3 fully saturated rings. The summed E-state index contributed by atoms with van der Waals surface area (Å²) in [4.78, 5) is 47.4. The summed E-state index contributed by atoms with van der Waals surface area (Å²) in [6.07, 6.45) is 10.7. The maximum absolute atomic E-state index is 13.3. The van der Waals surface area contributed by atoms with Gasteiger partial charge in [0.15, 0.2) is 6.10 Å². The zero-order valence-corrected chi connectivity index (χ0v) is 25.0. The van der Waals surface area contributed by atoms with Crippen LogP contribution in [0, 0.1) is 17.3 Å². The molecule has 224 valence electrons. The number of hydrogen-bond donors (Lipinski definition) is 0. The van der Waals surface area contributed by atoms with Gasteiger partial charge < -0.3 is 24.2 Å². The van der Waals surface area contributed by atoms with Crippen LogP contribution in [-0.4, -0.2) is 72.4 Å². The first-order chi connectivity index (χ1) is 20.3. The molecule has 0 N–H and O–H groups in total. The molecule has 1 saturated heterocycles. The summed E-state index contributed by atoms with van der Waals surface area (Å²) in [6, 6.07) is 9.11. The highest BCUT2D eigenvalue weighted by Crippen LogP contribution is 2.69. The van der Waals surface area contributed by atoms with E-state index in [1.807, 2.05) is 24.3 Å². The van der Waals surface area contributed by atoms with E-state index in [-0.39, 0.29) is 24.3 Å². The van der Waals surface area contributed by atoms with Crippen LogP contribution in [0.2, 0.25) is 0 Å². The number of pyridine rings is 1. The minimum atomic E-state index is -0.622. The van der Waals surface area contributed by atoms with Gasteiger partial charge in [-0.15, -0.1) is 0 Å². The summed E-state index contributed by atoms with van der Waals surface area (Å²) < 4.78 is 12.0. The van der Waals surface area contributed by atoms with Crippen LogP contribution in [0.15, 0.2) is 36.5 Å². The first-order valence-corrected chi connectivity index (χ1v) is 15.5. The Labute approximate surface area is 248 Å². The number of anilines is 1. The molecule has 1 aromatic carbocycles. The van der Waals surface area contributed by atoms with Crippen LogP contribution in [0.25, 0.3) is 0 Å². The lowest BCUT2D eigenvalue weighted by Gasteiger charge is -2.25. The van der Waals surface area contributed by atoms with Crippen molar-refractivity contribution in [1.82, 2.24) is 14.8 Å². The average molecular weight is 575 g/mol. The van der Waals surface area contributed by atoms with Gasteiger partial charge in [0, 0.05) is 50.9 Å². The van der Waals surface area contributed by atoms with Gasteiger partial charge in [0.25, 0.3) is 11.8 Å². The van der Waals surface area contributed by atoms with Crippen LogP contribution in [0.1, 0.15) is 74.2 Å². The Bertz CT molecular complexity index is 1340. The van der Waals surface area contributed by atoms with E-state index in [0.29, 0.717) is 54.4 Å². The summed E-state index contributed by atoms with van der Waals surface area (Å²) in [5, 5.41) is 0. The van der Waals surface area contributed by atoms with Crippen molar-refractivity contribution in [2.45, 2.75) is 70.9 Å². The summed E-state index contributed by atoms with van der Waals surface area (Å²) in [6.45, 7) is 3.88. The Balaban J connectivity index is 1.01. The molecule has 4 aliphatic rings. The minimum Gasteiger partial charge on any atom is -0.479 e. The molecule has 0 spiro atoms. The molecule has 0 bridgehead atoms. The third kappa shape index (κ3) is 5.45. The smallest absolute Gasteiger partial charge is 0.268 e. The number of ether oxygens (including phenoxy) is 2. The molecular weight excluding hydrogens is 532 g/mol. The normalized spacial score (nSPS) is 24.9. The second kappa shape index (κ2) is 11.6. The van der Waals surface area contributed by atoms with Crippen LogP contribution >= 0.6 is 0 Å². The molecular formula is C33H42N4O5. The number of rotatable bonds is 12. The highest BCUT2D eigenvalue weighted by atomic mass is 16.5. The van der Waals surface area contributed by atoms with Crippen molar-refractivity contribution in [3.63, 3.8) is 0 Å². The Morgan fingerprint density at radius 2 is 2.02 bits per heavy atom. The van der Waals surface area contributed by atoms with Gasteiger partial charge >= 0.3 is 0 Å². The largest absolute Gasteiger partial charge is 0.479 e. The molecule has 42 heavy (non-hydrogen) atoms. The van der Waals surface area contributed by atoms with Gasteiger partial charge in [-0.3, -0.25) is 14.4 Å². The van der Waals surface area contributed by atoms with Crippen molar-refractivity contribution >= 4 is 23.4 Å². The van der Waals surface area contributed by atoms with Gasteiger partial charge in [0.05, 0.1) is 12.8 Å². The minimum absolute atomic E-state index is 0.0345. The molecule has 6 rings (SSSR count). The lowest BCUT2D eigenvalue weighted by Crippen LogP contribution is -2.36. The predicted molar refractivity (Wildman–Crippen MR) is 158 cm³/mol. The fourth-order valence-electron chi connectivity index (χ4n) is 7.51. The first-order valence-electron chi connectivity index (χ1n) is 15.5. The van der Waals surface area contributed by atoms with Crippen molar-refractivity contribution < 1.29 is 23.9 Å². The van der Waals surface area contributed by atoms with E-state index in [4.69, 9.17) is 9.47 Å². The van der Waals surface area contributed by atoms with Crippen molar-refractivity contribution in [1.29, 1.82) is 0 Å². The number of benzene rings is 1. The number of aromatic nitrogens is 1. The molecule has 2 aliphatic carbocycles. The quantitative estimate of drug-likeness (QED) is 0.365. The molecule has 0 radical (unpaired) electrons. The standard InChI is InChI=1S/C33H42N4O5/c1-4-6-23(33-14-5-7-24(33)18-33)13-16-41-29-11-10-26(19-34-29)42-28-12-15-37(32(28)40)25-9-8-22-20-36(21-30(38)35(2)3)31(39)27(22)17-25/h8-11,17,19,23-24,28H,4-7,12-16,18,20-21H2,1-3H3/t23-,24?,28+,33?/m0/s1. The zero-order chi connectivity index (χ0) is 29.4. The topological polar surface area (TPSA) is 92.3 Å². The molecule has 2 unspecified atom stereocenters.